The van der Waals surface area contributed by atoms with Crippen molar-refractivity contribution in [3.63, 3.8) is 0 Å². The maximum absolute atomic E-state index is 13.0. The van der Waals surface area contributed by atoms with Crippen molar-refractivity contribution in [1.82, 2.24) is 14.7 Å². The zero-order valence-corrected chi connectivity index (χ0v) is 17.7. The third kappa shape index (κ3) is 4.19. The molecule has 0 N–H and O–H groups in total. The summed E-state index contributed by atoms with van der Waals surface area (Å²) < 4.78 is 5.62. The van der Waals surface area contributed by atoms with E-state index in [-0.39, 0.29) is 23.8 Å². The Morgan fingerprint density at radius 1 is 0.967 bits per heavy atom. The van der Waals surface area contributed by atoms with Crippen LogP contribution in [0.5, 0.6) is 5.75 Å². The number of carbonyl (C=O) groups excluding carboxylic acids is 2. The lowest BCUT2D eigenvalue weighted by Gasteiger charge is -2.51. The number of likely N-dealkylation sites (tertiary alicyclic amines) is 2. The van der Waals surface area contributed by atoms with Gasteiger partial charge in [-0.25, -0.2) is 0 Å². The van der Waals surface area contributed by atoms with E-state index in [4.69, 9.17) is 4.74 Å². The summed E-state index contributed by atoms with van der Waals surface area (Å²) in [6.45, 7) is 3.74. The number of ether oxygens (including phenoxy) is 1. The topological polar surface area (TPSA) is 53.1 Å². The first-order valence-electron chi connectivity index (χ1n) is 10.4. The summed E-state index contributed by atoms with van der Waals surface area (Å²) in [5, 5.41) is 0. The summed E-state index contributed by atoms with van der Waals surface area (Å²) in [5.74, 6) is 1.13. The number of hydrogen-bond donors (Lipinski definition) is 0. The van der Waals surface area contributed by atoms with E-state index in [9.17, 15) is 9.59 Å². The normalized spacial score (nSPS) is 19.8. The Kier molecular flexibility index (Phi) is 5.77. The van der Waals surface area contributed by atoms with Crippen LogP contribution in [0.15, 0.2) is 60.7 Å². The molecule has 2 aliphatic rings. The van der Waals surface area contributed by atoms with Crippen molar-refractivity contribution in [3.8, 4) is 5.75 Å². The molecule has 6 nitrogen and oxygen atoms in total. The monoisotopic (exact) mass is 407 g/mol. The van der Waals surface area contributed by atoms with Crippen molar-refractivity contribution in [1.29, 1.82) is 0 Å². The number of carbonyl (C=O) groups is 2. The maximum atomic E-state index is 13.0. The number of amides is 2. The molecule has 6 heteroatoms. The fourth-order valence-corrected chi connectivity index (χ4v) is 4.65. The second-order valence-corrected chi connectivity index (χ2v) is 8.72. The number of benzene rings is 2. The molecule has 2 aromatic carbocycles. The molecule has 0 radical (unpaired) electrons. The number of rotatable bonds is 6. The van der Waals surface area contributed by atoms with Gasteiger partial charge in [0.05, 0.1) is 0 Å². The largest absolute Gasteiger partial charge is 0.484 e. The van der Waals surface area contributed by atoms with Crippen molar-refractivity contribution in [2.45, 2.75) is 0 Å². The maximum Gasteiger partial charge on any atom is 0.260 e. The minimum absolute atomic E-state index is 0.000849. The Labute approximate surface area is 178 Å². The van der Waals surface area contributed by atoms with Crippen molar-refractivity contribution >= 4 is 11.8 Å². The van der Waals surface area contributed by atoms with Crippen LogP contribution in [0.25, 0.3) is 0 Å². The van der Waals surface area contributed by atoms with Crippen LogP contribution in [-0.2, 0) is 4.79 Å². The fourth-order valence-electron chi connectivity index (χ4n) is 4.65. The lowest BCUT2D eigenvalue weighted by Crippen LogP contribution is -2.63. The second kappa shape index (κ2) is 8.48. The Balaban J connectivity index is 1.39. The molecule has 1 unspecified atom stereocenters. The first-order chi connectivity index (χ1) is 14.5. The van der Waals surface area contributed by atoms with E-state index in [1.807, 2.05) is 70.5 Å². The highest BCUT2D eigenvalue weighted by Crippen LogP contribution is 2.44. The number of hydrogen-bond acceptors (Lipinski definition) is 4. The van der Waals surface area contributed by atoms with E-state index in [2.05, 4.69) is 19.0 Å². The predicted molar refractivity (Wildman–Crippen MR) is 115 cm³/mol. The molecule has 158 valence electrons. The number of para-hydroxylation sites is 1. The summed E-state index contributed by atoms with van der Waals surface area (Å²) in [6, 6.07) is 18.8. The molecule has 4 rings (SSSR count). The average molecular weight is 408 g/mol. The van der Waals surface area contributed by atoms with Gasteiger partial charge in [0.25, 0.3) is 11.8 Å². The molecular formula is C24H29N3O3. The molecule has 0 saturated carbocycles. The van der Waals surface area contributed by atoms with E-state index in [0.29, 0.717) is 31.3 Å². The lowest BCUT2D eigenvalue weighted by atomic mass is 9.71. The molecule has 2 aliphatic heterocycles. The van der Waals surface area contributed by atoms with Gasteiger partial charge in [-0.2, -0.15) is 0 Å². The summed E-state index contributed by atoms with van der Waals surface area (Å²) in [5.41, 5.74) is 0.693. The Bertz CT molecular complexity index is 879. The quantitative estimate of drug-likeness (QED) is 0.737. The van der Waals surface area contributed by atoms with Gasteiger partial charge in [0, 0.05) is 43.7 Å². The average Bonchev–Trinajstić information content (AvgIpc) is 3.10. The van der Waals surface area contributed by atoms with Crippen LogP contribution >= 0.6 is 0 Å². The molecule has 0 aromatic heterocycles. The van der Waals surface area contributed by atoms with Crippen molar-refractivity contribution in [2.75, 3.05) is 53.4 Å². The molecule has 2 amide bonds. The Morgan fingerprint density at radius 2 is 1.57 bits per heavy atom. The second-order valence-electron chi connectivity index (χ2n) is 8.72. The van der Waals surface area contributed by atoms with Crippen LogP contribution in [0, 0.1) is 11.3 Å². The molecule has 0 aliphatic carbocycles. The molecule has 2 saturated heterocycles. The fraction of sp³-hybridized carbons (Fsp3) is 0.417. The zero-order valence-electron chi connectivity index (χ0n) is 17.7. The van der Waals surface area contributed by atoms with Gasteiger partial charge in [-0.3, -0.25) is 9.59 Å². The SMILES string of the molecule is CN(C)CC1CN(C(=O)c2ccccc2)CC12CN(C(=O)COc1ccccc1)C2. The Morgan fingerprint density at radius 3 is 2.20 bits per heavy atom. The number of nitrogens with zero attached hydrogens (tertiary/aromatic N) is 3. The lowest BCUT2D eigenvalue weighted by molar-refractivity contribution is -0.147. The van der Waals surface area contributed by atoms with Crippen LogP contribution < -0.4 is 4.74 Å². The summed E-state index contributed by atoms with van der Waals surface area (Å²) in [7, 11) is 4.12. The predicted octanol–water partition coefficient (Wildman–Crippen LogP) is 2.23. The zero-order chi connectivity index (χ0) is 21.1. The van der Waals surface area contributed by atoms with Gasteiger partial charge in [0.15, 0.2) is 6.61 Å². The molecule has 1 atom stereocenters. The molecule has 30 heavy (non-hydrogen) atoms. The summed E-state index contributed by atoms with van der Waals surface area (Å²) in [6.07, 6.45) is 0. The highest BCUT2D eigenvalue weighted by atomic mass is 16.5. The van der Waals surface area contributed by atoms with Gasteiger partial charge in [0.1, 0.15) is 5.75 Å². The molecule has 1 spiro atoms. The van der Waals surface area contributed by atoms with Gasteiger partial charge in [-0.15, -0.1) is 0 Å². The van der Waals surface area contributed by atoms with Gasteiger partial charge in [-0.05, 0) is 44.3 Å². The molecule has 2 fully saturated rings. The van der Waals surface area contributed by atoms with Gasteiger partial charge in [-0.1, -0.05) is 36.4 Å². The van der Waals surface area contributed by atoms with Gasteiger partial charge < -0.3 is 19.4 Å². The first-order valence-corrected chi connectivity index (χ1v) is 10.4. The van der Waals surface area contributed by atoms with Crippen LogP contribution in [0.2, 0.25) is 0 Å². The first kappa shape index (κ1) is 20.4. The third-order valence-electron chi connectivity index (χ3n) is 6.18. The van der Waals surface area contributed by atoms with Crippen LogP contribution in [0.3, 0.4) is 0 Å². The molecule has 2 heterocycles. The minimum atomic E-state index is -0.0306. The standard InChI is InChI=1S/C24H29N3O3/c1-25(2)13-20-14-26(23(29)19-9-5-3-6-10-19)16-24(20)17-27(18-24)22(28)15-30-21-11-7-4-8-12-21/h3-12,20H,13-18H2,1-2H3. The van der Waals surface area contributed by atoms with Gasteiger partial charge >= 0.3 is 0 Å². The van der Waals surface area contributed by atoms with E-state index in [0.717, 1.165) is 18.7 Å². The van der Waals surface area contributed by atoms with Crippen molar-refractivity contribution in [3.05, 3.63) is 66.2 Å². The Hall–Kier alpha value is -2.86. The van der Waals surface area contributed by atoms with E-state index in [1.165, 1.54) is 0 Å². The van der Waals surface area contributed by atoms with Gasteiger partial charge in [0.2, 0.25) is 0 Å². The molecule has 2 aromatic rings. The third-order valence-corrected chi connectivity index (χ3v) is 6.18. The highest BCUT2D eigenvalue weighted by molar-refractivity contribution is 5.94. The van der Waals surface area contributed by atoms with E-state index < -0.39 is 0 Å². The summed E-state index contributed by atoms with van der Waals surface area (Å²) in [4.78, 5) is 31.6. The van der Waals surface area contributed by atoms with Crippen LogP contribution in [0.1, 0.15) is 10.4 Å². The smallest absolute Gasteiger partial charge is 0.260 e. The van der Waals surface area contributed by atoms with Crippen molar-refractivity contribution in [2.24, 2.45) is 11.3 Å². The highest BCUT2D eigenvalue weighted by Gasteiger charge is 2.56. The minimum Gasteiger partial charge on any atom is -0.484 e. The van der Waals surface area contributed by atoms with Crippen LogP contribution in [-0.4, -0.2) is 79.9 Å². The molecule has 0 bridgehead atoms. The van der Waals surface area contributed by atoms with Crippen molar-refractivity contribution < 1.29 is 14.3 Å². The molecular weight excluding hydrogens is 378 g/mol. The van der Waals surface area contributed by atoms with E-state index in [1.54, 1.807) is 0 Å². The summed E-state index contributed by atoms with van der Waals surface area (Å²) >= 11 is 0. The van der Waals surface area contributed by atoms with E-state index >= 15 is 0 Å². The van der Waals surface area contributed by atoms with Crippen LogP contribution in [0.4, 0.5) is 0 Å².